The monoisotopic (exact) mass is 1460 g/mol. The fourth-order valence-electron chi connectivity index (χ4n) is 11.5. The third kappa shape index (κ3) is 27.0. The van der Waals surface area contributed by atoms with Gasteiger partial charge in [0, 0.05) is 66.0 Å². The van der Waals surface area contributed by atoms with Crippen LogP contribution < -0.4 is 69.8 Å². The zero-order valence-corrected chi connectivity index (χ0v) is 59.6. The molecule has 18 N–H and O–H groups in total. The zero-order valence-electron chi connectivity index (χ0n) is 57.9. The van der Waals surface area contributed by atoms with Crippen molar-refractivity contribution in [1.29, 1.82) is 0 Å². The molecule has 11 amide bonds. The van der Waals surface area contributed by atoms with Gasteiger partial charge in [0.25, 0.3) is 5.91 Å². The van der Waals surface area contributed by atoms with Crippen molar-refractivity contribution < 1.29 is 82.1 Å². The molecule has 1 saturated heterocycles. The molecule has 0 radical (unpaired) electrons. The number of guanidine groups is 1. The van der Waals surface area contributed by atoms with Crippen LogP contribution in [0.25, 0.3) is 10.9 Å². The van der Waals surface area contributed by atoms with E-state index in [0.717, 1.165) is 19.1 Å². The van der Waals surface area contributed by atoms with Crippen LogP contribution in [0.5, 0.6) is 5.75 Å². The maximum Gasteiger partial charge on any atom is 0.305 e. The summed E-state index contributed by atoms with van der Waals surface area (Å²) in [6.45, 7) is 8.14. The second kappa shape index (κ2) is 40.1. The normalized spacial score (nSPS) is 24.3. The molecule has 558 valence electrons. The molecule has 0 aliphatic carbocycles. The van der Waals surface area contributed by atoms with Crippen molar-refractivity contribution in [3.63, 3.8) is 0 Å². The van der Waals surface area contributed by atoms with Crippen molar-refractivity contribution in [2.45, 2.75) is 184 Å². The Labute approximate surface area is 598 Å². The number of nitrogens with zero attached hydrogens (tertiary/aromatic N) is 3. The van der Waals surface area contributed by atoms with Crippen LogP contribution in [-0.2, 0) is 85.1 Å². The molecule has 1 fully saturated rings. The van der Waals surface area contributed by atoms with E-state index >= 15 is 4.79 Å². The van der Waals surface area contributed by atoms with Crippen LogP contribution in [0.2, 0.25) is 0 Å². The highest BCUT2D eigenvalue weighted by Gasteiger charge is 2.42. The number of H-pyrrole nitrogens is 1. The van der Waals surface area contributed by atoms with Gasteiger partial charge in [0.1, 0.15) is 72.9 Å². The first-order chi connectivity index (χ1) is 48.4. The van der Waals surface area contributed by atoms with E-state index in [9.17, 15) is 67.7 Å². The van der Waals surface area contributed by atoms with Crippen LogP contribution in [0.3, 0.4) is 0 Å². The third-order valence-corrected chi connectivity index (χ3v) is 18.8. The second-order valence-corrected chi connectivity index (χ2v) is 28.7. The summed E-state index contributed by atoms with van der Waals surface area (Å²) >= 11 is 2.42. The lowest BCUT2D eigenvalue weighted by Crippen LogP contribution is -2.61. The number of thioether (sulfide) groups is 2. The number of primary amides is 1. The number of para-hydroxylation sites is 1. The molecular weight excluding hydrogens is 1360 g/mol. The lowest BCUT2D eigenvalue weighted by molar-refractivity contribution is -0.143. The molecule has 33 nitrogen and oxygen atoms in total. The maximum atomic E-state index is 15.2. The van der Waals surface area contributed by atoms with Crippen LogP contribution in [0.15, 0.2) is 58.8 Å². The number of carbonyl (C=O) groups is 13. The van der Waals surface area contributed by atoms with Gasteiger partial charge in [0.15, 0.2) is 5.96 Å². The number of carboxylic acids is 2. The molecular formula is C67H96N16O17S2. The molecule has 102 heavy (non-hydrogen) atoms. The van der Waals surface area contributed by atoms with Crippen molar-refractivity contribution in [3.8, 4) is 5.75 Å². The van der Waals surface area contributed by atoms with E-state index in [0.29, 0.717) is 59.2 Å². The molecule has 9 atom stereocenters. The molecule has 4 heterocycles. The topological polar surface area (TPSA) is 511 Å². The minimum absolute atomic E-state index is 0.0156. The molecule has 0 saturated carbocycles. The van der Waals surface area contributed by atoms with E-state index in [4.69, 9.17) is 26.8 Å². The summed E-state index contributed by atoms with van der Waals surface area (Å²) in [6.07, 6.45) is 3.33. The minimum Gasteiger partial charge on any atom is -0.494 e. The van der Waals surface area contributed by atoms with Crippen LogP contribution in [0.1, 0.15) is 128 Å². The van der Waals surface area contributed by atoms with Crippen LogP contribution in [0, 0.1) is 11.3 Å². The number of oxime groups is 1. The summed E-state index contributed by atoms with van der Waals surface area (Å²) < 4.78 is 6.28. The predicted octanol–water partition coefficient (Wildman–Crippen LogP) is -0.198. The fourth-order valence-corrected chi connectivity index (χ4v) is 13.5. The number of benzene rings is 2. The van der Waals surface area contributed by atoms with Gasteiger partial charge in [0.2, 0.25) is 59.1 Å². The van der Waals surface area contributed by atoms with E-state index in [1.165, 1.54) is 28.4 Å². The number of fused-ring (bicyclic) bond motifs is 7. The second-order valence-electron chi connectivity index (χ2n) is 26.7. The number of aliphatic imine (C=N–C) groups is 1. The molecule has 1 unspecified atom stereocenters. The van der Waals surface area contributed by atoms with Gasteiger partial charge in [-0.3, -0.25) is 67.3 Å². The Balaban J connectivity index is 1.41. The van der Waals surface area contributed by atoms with Crippen molar-refractivity contribution >= 4 is 124 Å². The Hall–Kier alpha value is -9.67. The van der Waals surface area contributed by atoms with Gasteiger partial charge in [0.05, 0.1) is 19.6 Å². The predicted molar refractivity (Wildman–Crippen MR) is 380 cm³/mol. The Kier molecular flexibility index (Phi) is 32.0. The van der Waals surface area contributed by atoms with Crippen LogP contribution >= 0.6 is 23.5 Å². The van der Waals surface area contributed by atoms with Gasteiger partial charge < -0.3 is 94.7 Å². The van der Waals surface area contributed by atoms with Gasteiger partial charge in [-0.1, -0.05) is 64.0 Å². The number of hydrogen-bond acceptors (Lipinski definition) is 19. The molecule has 4 bridgehead atoms. The number of ether oxygens (including phenoxy) is 1. The first-order valence-corrected chi connectivity index (χ1v) is 36.2. The number of hydrogen-bond donors (Lipinski definition) is 15. The summed E-state index contributed by atoms with van der Waals surface area (Å²) in [5.41, 5.74) is 18.9. The SMILES string of the molecule is CC(C)C1NC(=O)[C@H](CC(=O)O)NC(=O)[C@H](CC(C)(C)C)NC(=O)[C@@H]2CCCN2C(=O)[C@@H]2CSCc3cc(cc(c3)OCCCCCCO/N=C/C(=O)N[C@@H](CCCN=C(N)N)C(=O)N2)CSC[C@@H](C(N)=O)NC(=O)[C@H](CCC(=O)O)NC(=O)CNC(=O)[C@H](Cc2c[nH]c3ccccc23)NC1=O. The van der Waals surface area contributed by atoms with Gasteiger partial charge in [-0.05, 0) is 110 Å². The van der Waals surface area contributed by atoms with Crippen LogP contribution in [0.4, 0.5) is 0 Å². The Morgan fingerprint density at radius 1 is 0.696 bits per heavy atom. The average Bonchev–Trinajstić information content (AvgIpc) is 1.63. The standard InChI is InChI=1S/C67H96N16O17S2/c1-37(2)56-64(97)78-46(27-40-30-72-43-15-9-8-14-42(40)43)58(91)73-31-52(84)76-45(18-19-54(86)87)60(93)80-49(57(68)90)35-101-33-38-24-39-26-41(25-38)99-22-10-6-7-11-23-100-74-32-53(85)75-44(16-12-20-71-66(69)70)59(92)81-50(36-102-34-39)65(98)83-21-13-17-51(83)63(96)79-48(29-67(3,4)5)62(95)77-47(28-55(88)89)61(94)82-56/h8-9,14-15,24-26,30,32,37,44-51,56,72H,6-7,10-13,16-23,27-29,31,33-36H2,1-5H3,(H2,68,90)(H,73,91)(H,75,85)(H,76,84)(H,77,95)(H,78,97)(H,79,96)(H,80,93)(H,81,92)(H,82,94)(H,86,87)(H,88,89)(H4,69,70,71)/b74-32+/t44-,45-,46-,47-,48-,49-,50-,51-,56?/m0/s1. The number of aliphatic carboxylic acids is 2. The van der Waals surface area contributed by atoms with E-state index in [2.05, 4.69) is 63.0 Å². The number of aromatic amines is 1. The third-order valence-electron chi connectivity index (χ3n) is 16.6. The van der Waals surface area contributed by atoms with Gasteiger partial charge in [-0.2, -0.15) is 23.5 Å². The lowest BCUT2D eigenvalue weighted by atomic mass is 9.87. The highest BCUT2D eigenvalue weighted by molar-refractivity contribution is 7.98. The number of nitrogens with two attached hydrogens (primary N) is 3. The largest absolute Gasteiger partial charge is 0.494 e. The lowest BCUT2D eigenvalue weighted by Gasteiger charge is -2.32. The summed E-state index contributed by atoms with van der Waals surface area (Å²) in [6, 6.07) is -0.740. The Morgan fingerprint density at radius 3 is 2.02 bits per heavy atom. The summed E-state index contributed by atoms with van der Waals surface area (Å²) in [5, 5.41) is 47.6. The number of carbonyl (C=O) groups excluding carboxylic acids is 11. The molecule has 35 heteroatoms. The van der Waals surface area contributed by atoms with E-state index in [1.807, 2.05) is 6.07 Å². The quantitative estimate of drug-likeness (QED) is 0.0565. The Bertz CT molecular complexity index is 3540. The molecule has 2 aromatic carbocycles. The van der Waals surface area contributed by atoms with Crippen molar-refractivity contribution in [2.75, 3.05) is 44.4 Å². The van der Waals surface area contributed by atoms with E-state index in [1.54, 1.807) is 77.2 Å². The average molecular weight is 1460 g/mol. The summed E-state index contributed by atoms with van der Waals surface area (Å²) in [4.78, 5) is 195. The highest BCUT2D eigenvalue weighted by atomic mass is 32.2. The van der Waals surface area contributed by atoms with Crippen molar-refractivity contribution in [2.24, 2.45) is 38.7 Å². The first kappa shape index (κ1) is 81.3. The van der Waals surface area contributed by atoms with Gasteiger partial charge in [-0.25, -0.2) is 0 Å². The molecule has 3 aliphatic rings. The van der Waals surface area contributed by atoms with Crippen LogP contribution in [-0.4, -0.2) is 208 Å². The number of nitrogens with one attached hydrogen (secondary N) is 10. The molecule has 0 spiro atoms. The van der Waals surface area contributed by atoms with Crippen molar-refractivity contribution in [3.05, 3.63) is 65.4 Å². The summed E-state index contributed by atoms with van der Waals surface area (Å²) in [5.74, 6) is -13.2. The number of aromatic nitrogens is 1. The summed E-state index contributed by atoms with van der Waals surface area (Å²) in [7, 11) is 0. The van der Waals surface area contributed by atoms with Gasteiger partial charge in [-0.15, -0.1) is 0 Å². The zero-order chi connectivity index (χ0) is 74.6. The molecule has 3 aromatic rings. The molecule has 3 aliphatic heterocycles. The van der Waals surface area contributed by atoms with Crippen molar-refractivity contribution in [1.82, 2.24) is 57.7 Å². The highest BCUT2D eigenvalue weighted by Crippen LogP contribution is 2.28. The Morgan fingerprint density at radius 2 is 1.34 bits per heavy atom. The molecule has 6 rings (SSSR count). The van der Waals surface area contributed by atoms with E-state index in [-0.39, 0.29) is 80.8 Å². The first-order valence-electron chi connectivity index (χ1n) is 33.8. The van der Waals surface area contributed by atoms with E-state index < -0.39 is 168 Å². The maximum absolute atomic E-state index is 15.2. The fraction of sp³-hybridized carbons (Fsp3) is 0.567. The molecule has 1 aromatic heterocycles. The minimum atomic E-state index is -1.88. The number of carboxylic acid groups (broad SMARTS) is 2. The number of amides is 11. The smallest absolute Gasteiger partial charge is 0.305 e. The van der Waals surface area contributed by atoms with Gasteiger partial charge >= 0.3 is 11.9 Å². The number of rotatable bonds is 14.